The van der Waals surface area contributed by atoms with Crippen LogP contribution in [-0.4, -0.2) is 37.0 Å². The number of carbonyl (C=O) groups excluding carboxylic acids is 3. The van der Waals surface area contributed by atoms with Gasteiger partial charge in [0.1, 0.15) is 11.5 Å². The molecule has 0 aromatic heterocycles. The SMILES string of the molecule is COc1ccc(C)c(C(=O)CCC(=O)OC(C(=O)Nc2ccc(OC)c(CO)c2)c2cccc(C#N)c2)c1. The molecule has 196 valence electrons. The van der Waals surface area contributed by atoms with Crippen molar-refractivity contribution in [3.8, 4) is 17.6 Å². The highest BCUT2D eigenvalue weighted by Crippen LogP contribution is 2.26. The predicted octanol–water partition coefficient (Wildman–Crippen LogP) is 4.26. The molecular formula is C29H28N2O7. The van der Waals surface area contributed by atoms with Crippen LogP contribution in [0.4, 0.5) is 5.69 Å². The molecule has 1 unspecified atom stereocenters. The third-order valence-corrected chi connectivity index (χ3v) is 5.83. The highest BCUT2D eigenvalue weighted by molar-refractivity contribution is 6.00. The first-order chi connectivity index (χ1) is 18.3. The van der Waals surface area contributed by atoms with Gasteiger partial charge in [0.25, 0.3) is 5.91 Å². The van der Waals surface area contributed by atoms with Crippen LogP contribution < -0.4 is 14.8 Å². The van der Waals surface area contributed by atoms with Gasteiger partial charge in [0.15, 0.2) is 5.78 Å². The van der Waals surface area contributed by atoms with Gasteiger partial charge in [-0.25, -0.2) is 0 Å². The Morgan fingerprint density at radius 2 is 1.79 bits per heavy atom. The van der Waals surface area contributed by atoms with Crippen LogP contribution in [0, 0.1) is 18.3 Å². The molecule has 0 heterocycles. The van der Waals surface area contributed by atoms with Crippen LogP contribution in [0.1, 0.15) is 51.6 Å². The zero-order valence-corrected chi connectivity index (χ0v) is 21.3. The van der Waals surface area contributed by atoms with Crippen LogP contribution in [0.2, 0.25) is 0 Å². The number of hydrogen-bond donors (Lipinski definition) is 2. The second kappa shape index (κ2) is 13.0. The van der Waals surface area contributed by atoms with Gasteiger partial charge in [0.2, 0.25) is 6.10 Å². The topological polar surface area (TPSA) is 135 Å². The molecule has 2 N–H and O–H groups in total. The second-order valence-corrected chi connectivity index (χ2v) is 8.39. The number of hydrogen-bond acceptors (Lipinski definition) is 8. The number of benzene rings is 3. The Morgan fingerprint density at radius 1 is 1.00 bits per heavy atom. The number of rotatable bonds is 11. The smallest absolute Gasteiger partial charge is 0.307 e. The molecule has 0 fully saturated rings. The second-order valence-electron chi connectivity index (χ2n) is 8.39. The predicted molar refractivity (Wildman–Crippen MR) is 139 cm³/mol. The Bertz CT molecular complexity index is 1380. The molecule has 0 aliphatic rings. The number of amides is 1. The van der Waals surface area contributed by atoms with Crippen molar-refractivity contribution < 1.29 is 33.7 Å². The summed E-state index contributed by atoms with van der Waals surface area (Å²) in [6.45, 7) is 1.48. The van der Waals surface area contributed by atoms with E-state index in [2.05, 4.69) is 5.32 Å². The number of anilines is 1. The van der Waals surface area contributed by atoms with Crippen LogP contribution in [0.5, 0.6) is 11.5 Å². The Hall–Kier alpha value is -4.68. The minimum absolute atomic E-state index is 0.127. The van der Waals surface area contributed by atoms with Crippen molar-refractivity contribution in [2.24, 2.45) is 0 Å². The van der Waals surface area contributed by atoms with E-state index < -0.39 is 18.0 Å². The van der Waals surface area contributed by atoms with E-state index in [1.165, 1.54) is 26.4 Å². The molecule has 38 heavy (non-hydrogen) atoms. The lowest BCUT2D eigenvalue weighted by molar-refractivity contribution is -0.154. The number of Topliss-reactive ketones (excluding diaryl/α,β-unsaturated/α-hetero) is 1. The Balaban J connectivity index is 1.78. The standard InChI is InChI=1S/C29H28N2O7/c1-18-7-9-23(36-2)15-24(18)25(33)10-12-27(34)38-28(20-6-4-5-19(13-20)16-30)29(35)31-22-8-11-26(37-3)21(14-22)17-32/h4-9,11,13-15,28,32H,10,12,17H2,1-3H3,(H,31,35). The summed E-state index contributed by atoms with van der Waals surface area (Å²) < 4.78 is 15.9. The van der Waals surface area contributed by atoms with E-state index in [1.54, 1.807) is 55.5 Å². The molecular weight excluding hydrogens is 488 g/mol. The number of aryl methyl sites for hydroxylation is 1. The fourth-order valence-corrected chi connectivity index (χ4v) is 3.80. The molecule has 1 atom stereocenters. The average molecular weight is 517 g/mol. The number of nitrogens with zero attached hydrogens (tertiary/aromatic N) is 1. The van der Waals surface area contributed by atoms with Crippen LogP contribution in [0.3, 0.4) is 0 Å². The van der Waals surface area contributed by atoms with Gasteiger partial charge in [-0.15, -0.1) is 0 Å². The molecule has 0 spiro atoms. The summed E-state index contributed by atoms with van der Waals surface area (Å²) >= 11 is 0. The third kappa shape index (κ3) is 6.96. The third-order valence-electron chi connectivity index (χ3n) is 5.83. The Morgan fingerprint density at radius 3 is 2.47 bits per heavy atom. The van der Waals surface area contributed by atoms with E-state index in [4.69, 9.17) is 14.2 Å². The van der Waals surface area contributed by atoms with E-state index in [-0.39, 0.29) is 30.8 Å². The number of nitriles is 1. The number of carbonyl (C=O) groups is 3. The summed E-state index contributed by atoms with van der Waals surface area (Å²) in [5, 5.41) is 21.5. The van der Waals surface area contributed by atoms with Gasteiger partial charge in [0, 0.05) is 28.8 Å². The van der Waals surface area contributed by atoms with Crippen LogP contribution in [0.15, 0.2) is 60.7 Å². The summed E-state index contributed by atoms with van der Waals surface area (Å²) in [5.74, 6) is -0.713. The molecule has 0 aliphatic heterocycles. The molecule has 9 heteroatoms. The first-order valence-corrected chi connectivity index (χ1v) is 11.8. The minimum Gasteiger partial charge on any atom is -0.497 e. The first-order valence-electron chi connectivity index (χ1n) is 11.8. The number of ether oxygens (including phenoxy) is 3. The van der Waals surface area contributed by atoms with Crippen molar-refractivity contribution in [1.29, 1.82) is 5.26 Å². The van der Waals surface area contributed by atoms with E-state index >= 15 is 0 Å². The van der Waals surface area contributed by atoms with E-state index in [9.17, 15) is 24.8 Å². The molecule has 0 aliphatic carbocycles. The normalized spacial score (nSPS) is 11.1. The van der Waals surface area contributed by atoms with Gasteiger partial charge in [-0.1, -0.05) is 18.2 Å². The first kappa shape index (κ1) is 27.9. The van der Waals surface area contributed by atoms with Crippen molar-refractivity contribution in [3.63, 3.8) is 0 Å². The zero-order chi connectivity index (χ0) is 27.7. The summed E-state index contributed by atoms with van der Waals surface area (Å²) in [7, 11) is 2.96. The number of aliphatic hydroxyl groups is 1. The van der Waals surface area contributed by atoms with Crippen molar-refractivity contribution in [2.75, 3.05) is 19.5 Å². The molecule has 0 radical (unpaired) electrons. The average Bonchev–Trinajstić information content (AvgIpc) is 2.94. The number of ketones is 1. The van der Waals surface area contributed by atoms with Crippen molar-refractivity contribution in [3.05, 3.63) is 88.5 Å². The van der Waals surface area contributed by atoms with Crippen molar-refractivity contribution >= 4 is 23.3 Å². The fraction of sp³-hybridized carbons (Fsp3) is 0.241. The molecule has 0 bridgehead atoms. The van der Waals surface area contributed by atoms with Gasteiger partial charge < -0.3 is 24.6 Å². The van der Waals surface area contributed by atoms with E-state index in [0.29, 0.717) is 33.9 Å². The van der Waals surface area contributed by atoms with Crippen molar-refractivity contribution in [1.82, 2.24) is 0 Å². The monoisotopic (exact) mass is 516 g/mol. The lowest BCUT2D eigenvalue weighted by Gasteiger charge is -2.19. The Kier molecular flexibility index (Phi) is 9.57. The summed E-state index contributed by atoms with van der Waals surface area (Å²) in [4.78, 5) is 38.8. The largest absolute Gasteiger partial charge is 0.497 e. The minimum atomic E-state index is -1.39. The molecule has 0 saturated heterocycles. The van der Waals surface area contributed by atoms with Gasteiger partial charge >= 0.3 is 5.97 Å². The zero-order valence-electron chi connectivity index (χ0n) is 21.3. The number of nitrogens with one attached hydrogen (secondary N) is 1. The highest BCUT2D eigenvalue weighted by Gasteiger charge is 2.26. The quantitative estimate of drug-likeness (QED) is 0.285. The Labute approximate surface area is 220 Å². The van der Waals surface area contributed by atoms with E-state index in [0.717, 1.165) is 5.56 Å². The lowest BCUT2D eigenvalue weighted by atomic mass is 10.0. The van der Waals surface area contributed by atoms with Crippen molar-refractivity contribution in [2.45, 2.75) is 32.5 Å². The molecule has 3 aromatic carbocycles. The lowest BCUT2D eigenvalue weighted by Crippen LogP contribution is -2.26. The van der Waals surface area contributed by atoms with Crippen LogP contribution >= 0.6 is 0 Å². The van der Waals surface area contributed by atoms with E-state index in [1.807, 2.05) is 6.07 Å². The highest BCUT2D eigenvalue weighted by atomic mass is 16.5. The molecule has 3 aromatic rings. The van der Waals surface area contributed by atoms with Gasteiger partial charge in [0.05, 0.1) is 38.9 Å². The van der Waals surface area contributed by atoms with Gasteiger partial charge in [-0.05, 0) is 55.0 Å². The van der Waals surface area contributed by atoms with Gasteiger partial charge in [-0.3, -0.25) is 14.4 Å². The molecule has 3 rings (SSSR count). The molecule has 1 amide bonds. The van der Waals surface area contributed by atoms with Crippen LogP contribution in [0.25, 0.3) is 0 Å². The maximum atomic E-state index is 13.2. The summed E-state index contributed by atoms with van der Waals surface area (Å²) in [5.41, 5.74) is 2.56. The summed E-state index contributed by atoms with van der Waals surface area (Å²) in [6.07, 6.45) is -1.77. The molecule has 0 saturated carbocycles. The number of aliphatic hydroxyl groups excluding tert-OH is 1. The maximum absolute atomic E-state index is 13.2. The molecule has 9 nitrogen and oxygen atoms in total. The fourth-order valence-electron chi connectivity index (χ4n) is 3.80. The number of methoxy groups -OCH3 is 2. The maximum Gasteiger partial charge on any atom is 0.307 e. The van der Waals surface area contributed by atoms with Gasteiger partial charge in [-0.2, -0.15) is 5.26 Å². The summed E-state index contributed by atoms with van der Waals surface area (Å²) in [6, 6.07) is 18.0. The number of esters is 1. The van der Waals surface area contributed by atoms with Crippen LogP contribution in [-0.2, 0) is 20.9 Å².